The number of rotatable bonds is 3. The Kier molecular flexibility index (Phi) is 4.62. The van der Waals surface area contributed by atoms with E-state index in [9.17, 15) is 4.79 Å². The first-order chi connectivity index (χ1) is 12.7. The smallest absolute Gasteiger partial charge is 0.254 e. The van der Waals surface area contributed by atoms with Gasteiger partial charge >= 0.3 is 0 Å². The van der Waals surface area contributed by atoms with Crippen molar-refractivity contribution < 1.29 is 9.53 Å². The molecule has 4 rings (SSSR count). The number of amides is 1. The van der Waals surface area contributed by atoms with Crippen LogP contribution < -0.4 is 0 Å². The Labute approximate surface area is 151 Å². The Bertz CT molecular complexity index is 909. The van der Waals surface area contributed by atoms with E-state index in [4.69, 9.17) is 4.74 Å². The summed E-state index contributed by atoms with van der Waals surface area (Å²) in [6.07, 6.45) is 4.06. The van der Waals surface area contributed by atoms with E-state index in [2.05, 4.69) is 19.9 Å². The van der Waals surface area contributed by atoms with Gasteiger partial charge in [-0.2, -0.15) is 0 Å². The van der Waals surface area contributed by atoms with Crippen molar-refractivity contribution in [2.24, 2.45) is 5.92 Å². The predicted octanol–water partition coefficient (Wildman–Crippen LogP) is 1.99. The number of aromatic amines is 1. The van der Waals surface area contributed by atoms with E-state index in [1.54, 1.807) is 12.5 Å². The predicted molar refractivity (Wildman–Crippen MR) is 96.8 cm³/mol. The maximum Gasteiger partial charge on any atom is 0.254 e. The van der Waals surface area contributed by atoms with Crippen LogP contribution in [-0.4, -0.2) is 57.0 Å². The molecule has 0 bridgehead atoms. The van der Waals surface area contributed by atoms with Gasteiger partial charge in [0, 0.05) is 36.5 Å². The fourth-order valence-corrected chi connectivity index (χ4v) is 3.38. The van der Waals surface area contributed by atoms with Gasteiger partial charge in [0.1, 0.15) is 12.2 Å². The summed E-state index contributed by atoms with van der Waals surface area (Å²) in [7, 11) is 0. The van der Waals surface area contributed by atoms with Crippen molar-refractivity contribution in [2.45, 2.75) is 13.3 Å². The zero-order valence-electron chi connectivity index (χ0n) is 14.7. The molecule has 3 heterocycles. The summed E-state index contributed by atoms with van der Waals surface area (Å²) in [6, 6.07) is 7.52. The Morgan fingerprint density at radius 3 is 3.15 bits per heavy atom. The summed E-state index contributed by atoms with van der Waals surface area (Å²) in [6.45, 7) is 4.34. The quantitative estimate of drug-likeness (QED) is 0.780. The van der Waals surface area contributed by atoms with Gasteiger partial charge in [-0.25, -0.2) is 15.0 Å². The number of fused-ring (bicyclic) bond motifs is 1. The second-order valence-electron chi connectivity index (χ2n) is 6.65. The molecule has 0 saturated carbocycles. The molecular weight excluding hydrogens is 330 g/mol. The van der Waals surface area contributed by atoms with E-state index >= 15 is 0 Å². The largest absolute Gasteiger partial charge is 0.379 e. The van der Waals surface area contributed by atoms with Crippen LogP contribution in [0, 0.1) is 12.8 Å². The number of hydrogen-bond donors (Lipinski definition) is 1. The minimum atomic E-state index is 0.0253. The number of H-pyrrole nitrogens is 1. The molecule has 0 radical (unpaired) electrons. The van der Waals surface area contributed by atoms with Gasteiger partial charge in [0.2, 0.25) is 0 Å². The van der Waals surface area contributed by atoms with Crippen molar-refractivity contribution >= 4 is 16.9 Å². The van der Waals surface area contributed by atoms with Gasteiger partial charge in [0.25, 0.3) is 5.91 Å². The van der Waals surface area contributed by atoms with Crippen LogP contribution in [0.4, 0.5) is 0 Å². The Morgan fingerprint density at radius 2 is 2.31 bits per heavy atom. The number of benzene rings is 1. The fourth-order valence-electron chi connectivity index (χ4n) is 3.38. The number of ether oxygens (including phenoxy) is 1. The van der Waals surface area contributed by atoms with Gasteiger partial charge in [-0.05, 0) is 37.6 Å². The van der Waals surface area contributed by atoms with Gasteiger partial charge in [-0.1, -0.05) is 0 Å². The van der Waals surface area contributed by atoms with E-state index in [-0.39, 0.29) is 11.8 Å². The lowest BCUT2D eigenvalue weighted by Gasteiger charge is -2.23. The highest BCUT2D eigenvalue weighted by molar-refractivity contribution is 5.97. The number of nitrogens with zero attached hydrogens (tertiary/aromatic N) is 4. The van der Waals surface area contributed by atoms with Crippen LogP contribution in [-0.2, 0) is 11.2 Å². The molecule has 26 heavy (non-hydrogen) atoms. The van der Waals surface area contributed by atoms with E-state index in [1.807, 2.05) is 36.1 Å². The van der Waals surface area contributed by atoms with Gasteiger partial charge in [0.05, 0.1) is 24.2 Å². The van der Waals surface area contributed by atoms with Crippen LogP contribution in [0.2, 0.25) is 0 Å². The van der Waals surface area contributed by atoms with Crippen molar-refractivity contribution in [3.8, 4) is 0 Å². The van der Waals surface area contributed by atoms with Gasteiger partial charge in [0.15, 0.2) is 0 Å². The van der Waals surface area contributed by atoms with Crippen molar-refractivity contribution in [3.63, 3.8) is 0 Å². The molecule has 1 atom stereocenters. The molecular formula is C19H21N5O2. The van der Waals surface area contributed by atoms with E-state index in [1.165, 1.54) is 0 Å². The maximum atomic E-state index is 13.0. The normalized spacial score (nSPS) is 18.0. The number of carbonyl (C=O) groups is 1. The van der Waals surface area contributed by atoms with Gasteiger partial charge < -0.3 is 14.6 Å². The number of aromatic nitrogens is 4. The minimum absolute atomic E-state index is 0.0253. The summed E-state index contributed by atoms with van der Waals surface area (Å²) in [5.74, 6) is 1.09. The third-order valence-corrected chi connectivity index (χ3v) is 4.61. The fraction of sp³-hybridized carbons (Fsp3) is 0.368. The Balaban J connectivity index is 1.51. The molecule has 1 fully saturated rings. The molecule has 7 nitrogen and oxygen atoms in total. The molecule has 1 aliphatic heterocycles. The highest BCUT2D eigenvalue weighted by Gasteiger charge is 2.24. The highest BCUT2D eigenvalue weighted by Crippen LogP contribution is 2.18. The molecule has 0 spiro atoms. The second-order valence-corrected chi connectivity index (χ2v) is 6.65. The van der Waals surface area contributed by atoms with E-state index < -0.39 is 0 Å². The van der Waals surface area contributed by atoms with Crippen LogP contribution in [0.25, 0.3) is 11.0 Å². The highest BCUT2D eigenvalue weighted by atomic mass is 16.5. The molecule has 7 heteroatoms. The Hall–Kier alpha value is -2.80. The first-order valence-electron chi connectivity index (χ1n) is 8.77. The number of nitrogens with one attached hydrogen (secondary N) is 1. The van der Waals surface area contributed by atoms with Crippen LogP contribution in [0.15, 0.2) is 36.8 Å². The summed E-state index contributed by atoms with van der Waals surface area (Å²) >= 11 is 0. The third kappa shape index (κ3) is 3.57. The molecule has 1 N–H and O–H groups in total. The lowest BCUT2D eigenvalue weighted by molar-refractivity contribution is 0.0737. The molecule has 1 saturated heterocycles. The summed E-state index contributed by atoms with van der Waals surface area (Å²) in [5.41, 5.74) is 3.40. The van der Waals surface area contributed by atoms with E-state index in [0.29, 0.717) is 31.9 Å². The molecule has 0 unspecified atom stereocenters. The lowest BCUT2D eigenvalue weighted by atomic mass is 10.0. The summed E-state index contributed by atoms with van der Waals surface area (Å²) < 4.78 is 5.72. The van der Waals surface area contributed by atoms with Crippen LogP contribution in [0.3, 0.4) is 0 Å². The average Bonchev–Trinajstić information content (AvgIpc) is 2.87. The maximum absolute atomic E-state index is 13.0. The van der Waals surface area contributed by atoms with Crippen molar-refractivity contribution in [1.29, 1.82) is 0 Å². The standard InChI is InChI=1S/C19H21N5O2/c1-13-22-17-3-2-15(9-18(17)23-13)19(25)24-6-7-26-11-14(10-24)8-16-4-5-20-12-21-16/h2-5,9,12,14H,6-8,10-11H2,1H3,(H,22,23)/t14-/m1/s1. The van der Waals surface area contributed by atoms with Gasteiger partial charge in [-0.15, -0.1) is 0 Å². The molecule has 134 valence electrons. The zero-order valence-corrected chi connectivity index (χ0v) is 14.7. The van der Waals surface area contributed by atoms with Crippen LogP contribution >= 0.6 is 0 Å². The summed E-state index contributed by atoms with van der Waals surface area (Å²) in [4.78, 5) is 30.7. The first-order valence-corrected chi connectivity index (χ1v) is 8.77. The molecule has 3 aromatic rings. The SMILES string of the molecule is Cc1nc2ccc(C(=O)N3CCOC[C@H](Cc4ccncn4)C3)cc2[nH]1. The molecule has 2 aromatic heterocycles. The van der Waals surface area contributed by atoms with Crippen LogP contribution in [0.5, 0.6) is 0 Å². The molecule has 1 aliphatic rings. The second kappa shape index (κ2) is 7.21. The lowest BCUT2D eigenvalue weighted by Crippen LogP contribution is -2.36. The molecule has 1 amide bonds. The number of hydrogen-bond acceptors (Lipinski definition) is 5. The third-order valence-electron chi connectivity index (χ3n) is 4.61. The number of aryl methyl sites for hydroxylation is 1. The molecule has 1 aromatic carbocycles. The zero-order chi connectivity index (χ0) is 17.9. The van der Waals surface area contributed by atoms with Crippen molar-refractivity contribution in [3.05, 3.63) is 53.9 Å². The molecule has 0 aliphatic carbocycles. The van der Waals surface area contributed by atoms with Gasteiger partial charge in [-0.3, -0.25) is 4.79 Å². The first kappa shape index (κ1) is 16.7. The monoisotopic (exact) mass is 351 g/mol. The van der Waals surface area contributed by atoms with Crippen LogP contribution in [0.1, 0.15) is 21.9 Å². The Morgan fingerprint density at radius 1 is 1.38 bits per heavy atom. The average molecular weight is 351 g/mol. The topological polar surface area (TPSA) is 84.0 Å². The summed E-state index contributed by atoms with van der Waals surface area (Å²) in [5, 5.41) is 0. The number of carbonyl (C=O) groups excluding carboxylic acids is 1. The van der Waals surface area contributed by atoms with E-state index in [0.717, 1.165) is 29.0 Å². The number of imidazole rings is 1. The van der Waals surface area contributed by atoms with Crippen molar-refractivity contribution in [1.82, 2.24) is 24.8 Å². The minimum Gasteiger partial charge on any atom is -0.379 e. The van der Waals surface area contributed by atoms with Crippen molar-refractivity contribution in [2.75, 3.05) is 26.3 Å².